The van der Waals surface area contributed by atoms with E-state index in [0.717, 1.165) is 22.5 Å². The highest BCUT2D eigenvalue weighted by Crippen LogP contribution is 2.44. The summed E-state index contributed by atoms with van der Waals surface area (Å²) in [5, 5.41) is 7.57. The van der Waals surface area contributed by atoms with Crippen LogP contribution in [0.25, 0.3) is 11.3 Å². The molecule has 2 atom stereocenters. The lowest BCUT2D eigenvalue weighted by molar-refractivity contribution is -0.123. The number of halogens is 1. The maximum atomic E-state index is 12.7. The number of amides is 1. The number of hydrogen-bond acceptors (Lipinski definition) is 5. The summed E-state index contributed by atoms with van der Waals surface area (Å²) in [4.78, 5) is 19.3. The minimum absolute atomic E-state index is 0.107. The van der Waals surface area contributed by atoms with Gasteiger partial charge in [-0.05, 0) is 73.2 Å². The third-order valence-corrected chi connectivity index (χ3v) is 7.42. The molecule has 7 nitrogen and oxygen atoms in total. The third kappa shape index (κ3) is 5.42. The average molecular weight is 575 g/mol. The maximum Gasteiger partial charge on any atom is 0.229 e. The molecule has 3 heterocycles. The van der Waals surface area contributed by atoms with E-state index in [0.29, 0.717) is 33.1 Å². The van der Waals surface area contributed by atoms with Crippen molar-refractivity contribution in [1.29, 1.82) is 0 Å². The predicted molar refractivity (Wildman–Crippen MR) is 163 cm³/mol. The fourth-order valence-corrected chi connectivity index (χ4v) is 5.20. The lowest BCUT2D eigenvalue weighted by Crippen LogP contribution is -2.30. The van der Waals surface area contributed by atoms with Gasteiger partial charge in [0, 0.05) is 34.0 Å². The van der Waals surface area contributed by atoms with Crippen molar-refractivity contribution < 1.29 is 13.9 Å². The van der Waals surface area contributed by atoms with Crippen molar-refractivity contribution in [3.8, 4) is 17.1 Å². The van der Waals surface area contributed by atoms with Gasteiger partial charge in [0.2, 0.25) is 5.91 Å². The molecule has 0 radical (unpaired) electrons. The summed E-state index contributed by atoms with van der Waals surface area (Å²) in [6.45, 7) is 7.61. The Morgan fingerprint density at radius 3 is 2.62 bits per heavy atom. The van der Waals surface area contributed by atoms with Gasteiger partial charge in [-0.25, -0.2) is 0 Å². The number of furan rings is 1. The number of hydrogen-bond donors (Lipinski definition) is 2. The molecule has 0 unspecified atom stereocenters. The predicted octanol–water partition coefficient (Wildman–Crippen LogP) is 7.47. The Kier molecular flexibility index (Phi) is 7.57. The van der Waals surface area contributed by atoms with E-state index in [4.69, 9.17) is 33.0 Å². The summed E-state index contributed by atoms with van der Waals surface area (Å²) in [7, 11) is 1.58. The molecule has 206 valence electrons. The molecule has 5 rings (SSSR count). The zero-order chi connectivity index (χ0) is 28.6. The van der Waals surface area contributed by atoms with Gasteiger partial charge in [-0.1, -0.05) is 44.5 Å². The standard InChI is InChI=1S/C31H31ClN4O3S/c1-18-9-10-19(32)16-21(18)24-13-14-25(39-24)28-27(23-8-6-7-15-33-23)35-30(40)36(28)20-11-12-22(26(17-20)38-5)34-29(37)31(2,3)4/h6-17,27-28H,1-5H3,(H,34,37)(H,35,40)/t27-,28-/m1/s1. The summed E-state index contributed by atoms with van der Waals surface area (Å²) < 4.78 is 12.2. The molecule has 4 aromatic rings. The topological polar surface area (TPSA) is 79.6 Å². The lowest BCUT2D eigenvalue weighted by atomic mass is 9.95. The molecule has 2 aromatic carbocycles. The van der Waals surface area contributed by atoms with Crippen molar-refractivity contribution in [3.63, 3.8) is 0 Å². The summed E-state index contributed by atoms with van der Waals surface area (Å²) in [6, 6.07) is 20.4. The molecule has 0 spiro atoms. The van der Waals surface area contributed by atoms with E-state index in [2.05, 4.69) is 15.6 Å². The number of carbonyl (C=O) groups is 1. The molecule has 1 aliphatic rings. The van der Waals surface area contributed by atoms with Gasteiger partial charge < -0.3 is 24.7 Å². The van der Waals surface area contributed by atoms with E-state index in [1.807, 2.05) is 99.3 Å². The number of aromatic nitrogens is 1. The molecule has 1 amide bonds. The third-order valence-electron chi connectivity index (χ3n) is 6.87. The maximum absolute atomic E-state index is 12.7. The van der Waals surface area contributed by atoms with Gasteiger partial charge in [0.15, 0.2) is 5.11 Å². The molecule has 0 saturated carbocycles. The van der Waals surface area contributed by atoms with Crippen LogP contribution >= 0.6 is 23.8 Å². The number of nitrogens with zero attached hydrogens (tertiary/aromatic N) is 2. The minimum atomic E-state index is -0.552. The van der Waals surface area contributed by atoms with Crippen molar-refractivity contribution in [2.75, 3.05) is 17.3 Å². The second kappa shape index (κ2) is 10.9. The number of anilines is 2. The van der Waals surface area contributed by atoms with Crippen LogP contribution in [0.1, 0.15) is 49.9 Å². The Hall–Kier alpha value is -3.88. The number of carbonyl (C=O) groups excluding carboxylic acids is 1. The molecular weight excluding hydrogens is 544 g/mol. The van der Waals surface area contributed by atoms with E-state index >= 15 is 0 Å². The van der Waals surface area contributed by atoms with Crippen LogP contribution in [-0.4, -0.2) is 23.1 Å². The smallest absolute Gasteiger partial charge is 0.229 e. The van der Waals surface area contributed by atoms with Gasteiger partial charge in [0.25, 0.3) is 0 Å². The van der Waals surface area contributed by atoms with Crippen LogP contribution in [0.2, 0.25) is 5.02 Å². The summed E-state index contributed by atoms with van der Waals surface area (Å²) in [6.07, 6.45) is 1.76. The molecular formula is C31H31ClN4O3S. The molecule has 40 heavy (non-hydrogen) atoms. The van der Waals surface area contributed by atoms with Crippen LogP contribution in [-0.2, 0) is 4.79 Å². The van der Waals surface area contributed by atoms with Crippen LogP contribution in [0.3, 0.4) is 0 Å². The number of nitrogens with one attached hydrogen (secondary N) is 2. The first-order valence-electron chi connectivity index (χ1n) is 12.9. The number of thiocarbonyl (C=S) groups is 1. The zero-order valence-corrected chi connectivity index (χ0v) is 24.6. The fourth-order valence-electron chi connectivity index (χ4n) is 4.68. The van der Waals surface area contributed by atoms with Crippen LogP contribution in [0.15, 0.2) is 77.3 Å². The first-order chi connectivity index (χ1) is 19.1. The Morgan fingerprint density at radius 2 is 1.93 bits per heavy atom. The van der Waals surface area contributed by atoms with Crippen LogP contribution < -0.4 is 20.3 Å². The van der Waals surface area contributed by atoms with Crippen molar-refractivity contribution in [2.24, 2.45) is 5.41 Å². The number of benzene rings is 2. The Labute approximate surface area is 244 Å². The second-order valence-electron chi connectivity index (χ2n) is 10.7. The largest absolute Gasteiger partial charge is 0.494 e. The van der Waals surface area contributed by atoms with E-state index in [1.165, 1.54) is 0 Å². The van der Waals surface area contributed by atoms with Gasteiger partial charge in [-0.2, -0.15) is 0 Å². The van der Waals surface area contributed by atoms with Gasteiger partial charge in [-0.3, -0.25) is 9.78 Å². The van der Waals surface area contributed by atoms with Crippen molar-refractivity contribution >= 4 is 46.2 Å². The lowest BCUT2D eigenvalue weighted by Gasteiger charge is -2.27. The summed E-state index contributed by atoms with van der Waals surface area (Å²) in [5.41, 5.74) is 3.62. The van der Waals surface area contributed by atoms with Gasteiger partial charge >= 0.3 is 0 Å². The first kappa shape index (κ1) is 27.7. The normalized spacial score (nSPS) is 17.1. The van der Waals surface area contributed by atoms with E-state index in [9.17, 15) is 4.79 Å². The highest BCUT2D eigenvalue weighted by atomic mass is 35.5. The van der Waals surface area contributed by atoms with E-state index in [-0.39, 0.29) is 18.0 Å². The molecule has 2 aromatic heterocycles. The number of rotatable bonds is 6. The number of ether oxygens (including phenoxy) is 1. The molecule has 1 fully saturated rings. The fraction of sp³-hybridized carbons (Fsp3) is 0.258. The Balaban J connectivity index is 1.57. The molecule has 1 saturated heterocycles. The Morgan fingerprint density at radius 1 is 1.12 bits per heavy atom. The summed E-state index contributed by atoms with van der Waals surface area (Å²) in [5.74, 6) is 1.84. The monoisotopic (exact) mass is 574 g/mol. The van der Waals surface area contributed by atoms with Gasteiger partial charge in [-0.15, -0.1) is 0 Å². The molecule has 2 N–H and O–H groups in total. The highest BCUT2D eigenvalue weighted by molar-refractivity contribution is 7.80. The SMILES string of the molecule is COc1cc(N2C(=S)N[C@H](c3ccccn3)[C@H]2c2ccc(-c3cc(Cl)ccc3C)o2)ccc1NC(=O)C(C)(C)C. The highest BCUT2D eigenvalue weighted by Gasteiger charge is 2.43. The number of methoxy groups -OCH3 is 1. The number of pyridine rings is 1. The van der Waals surface area contributed by atoms with Crippen LogP contribution in [0, 0.1) is 12.3 Å². The Bertz CT molecular complexity index is 1560. The molecule has 1 aliphatic heterocycles. The van der Waals surface area contributed by atoms with Crippen molar-refractivity contribution in [1.82, 2.24) is 10.3 Å². The first-order valence-corrected chi connectivity index (χ1v) is 13.7. The minimum Gasteiger partial charge on any atom is -0.494 e. The van der Waals surface area contributed by atoms with Crippen molar-refractivity contribution in [3.05, 3.63) is 95.0 Å². The van der Waals surface area contributed by atoms with Crippen LogP contribution in [0.5, 0.6) is 5.75 Å². The molecule has 0 bridgehead atoms. The van der Waals surface area contributed by atoms with E-state index < -0.39 is 5.41 Å². The van der Waals surface area contributed by atoms with E-state index in [1.54, 1.807) is 13.3 Å². The molecule has 0 aliphatic carbocycles. The number of aryl methyl sites for hydroxylation is 1. The molecule has 9 heteroatoms. The summed E-state index contributed by atoms with van der Waals surface area (Å²) >= 11 is 12.2. The van der Waals surface area contributed by atoms with Crippen molar-refractivity contribution in [2.45, 2.75) is 39.8 Å². The zero-order valence-electron chi connectivity index (χ0n) is 23.0. The van der Waals surface area contributed by atoms with Gasteiger partial charge in [0.1, 0.15) is 23.3 Å². The second-order valence-corrected chi connectivity index (χ2v) is 11.6. The quantitative estimate of drug-likeness (QED) is 0.231. The average Bonchev–Trinajstić information content (AvgIpc) is 3.55. The van der Waals surface area contributed by atoms with Gasteiger partial charge in [0.05, 0.1) is 24.5 Å². The van der Waals surface area contributed by atoms with Crippen LogP contribution in [0.4, 0.5) is 11.4 Å².